The third-order valence-corrected chi connectivity index (χ3v) is 1.04. The molecule has 0 unspecified atom stereocenters. The normalized spacial score (nSPS) is 21.9. The highest BCUT2D eigenvalue weighted by atomic mass is 19.3. The highest BCUT2D eigenvalue weighted by Crippen LogP contribution is 2.27. The summed E-state index contributed by atoms with van der Waals surface area (Å²) in [5.41, 5.74) is 0. The van der Waals surface area contributed by atoms with Gasteiger partial charge in [0, 0.05) is 13.8 Å². The fraction of sp³-hybridized carbons (Fsp3) is 0.667. The van der Waals surface area contributed by atoms with Crippen LogP contribution < -0.4 is 0 Å². The molecule has 0 bridgehead atoms. The van der Waals surface area contributed by atoms with Crippen molar-refractivity contribution < 1.29 is 18.3 Å². The molecule has 0 amide bonds. The molecule has 1 rings (SSSR count). The second-order valence-electron chi connectivity index (χ2n) is 2.44. The summed E-state index contributed by atoms with van der Waals surface area (Å²) >= 11 is 0. The van der Waals surface area contributed by atoms with Gasteiger partial charge in [-0.25, -0.2) is 8.78 Å². The topological polar surface area (TPSA) is 18.5 Å². The average Bonchev–Trinajstić information content (AvgIpc) is 2.10. The van der Waals surface area contributed by atoms with Gasteiger partial charge in [-0.2, -0.15) is 0 Å². The van der Waals surface area contributed by atoms with Crippen molar-refractivity contribution in [2.45, 2.75) is 26.1 Å². The lowest BCUT2D eigenvalue weighted by atomic mass is 10.4. The molecule has 0 spiro atoms. The fourth-order valence-electron chi connectivity index (χ4n) is 0.628. The summed E-state index contributed by atoms with van der Waals surface area (Å²) in [7, 11) is 0. The third kappa shape index (κ3) is 1.37. The largest absolute Gasteiger partial charge is 0.457 e. The van der Waals surface area contributed by atoms with E-state index in [-0.39, 0.29) is 0 Å². The first-order valence-electron chi connectivity index (χ1n) is 2.86. The molecule has 0 saturated carbocycles. The summed E-state index contributed by atoms with van der Waals surface area (Å²) < 4.78 is 33.1. The second-order valence-corrected chi connectivity index (χ2v) is 2.44. The molecule has 10 heavy (non-hydrogen) atoms. The summed E-state index contributed by atoms with van der Waals surface area (Å²) in [6.45, 7) is 3.14. The third-order valence-electron chi connectivity index (χ3n) is 1.04. The van der Waals surface area contributed by atoms with E-state index in [9.17, 15) is 8.78 Å². The van der Waals surface area contributed by atoms with E-state index in [1.165, 1.54) is 0 Å². The van der Waals surface area contributed by atoms with Gasteiger partial charge in [-0.15, -0.1) is 0 Å². The van der Waals surface area contributed by atoms with Gasteiger partial charge in [-0.1, -0.05) is 0 Å². The monoisotopic (exact) mass is 150 g/mol. The van der Waals surface area contributed by atoms with Crippen molar-refractivity contribution in [1.82, 2.24) is 0 Å². The zero-order valence-electron chi connectivity index (χ0n) is 5.73. The van der Waals surface area contributed by atoms with E-state index >= 15 is 0 Å². The van der Waals surface area contributed by atoms with Gasteiger partial charge in [0.05, 0.1) is 0 Å². The van der Waals surface area contributed by atoms with E-state index in [2.05, 4.69) is 0 Å². The van der Waals surface area contributed by atoms with Crippen LogP contribution in [0.4, 0.5) is 8.78 Å². The molecule has 1 heterocycles. The number of rotatable bonds is 1. The van der Waals surface area contributed by atoms with E-state index in [1.807, 2.05) is 0 Å². The van der Waals surface area contributed by atoms with Gasteiger partial charge in [0.2, 0.25) is 11.5 Å². The number of allylic oxidation sites excluding steroid dienone is 1. The van der Waals surface area contributed by atoms with Crippen LogP contribution >= 0.6 is 0 Å². The summed E-state index contributed by atoms with van der Waals surface area (Å²) in [5.74, 6) is -1.32. The molecule has 0 aromatic heterocycles. The Morgan fingerprint density at radius 3 is 2.30 bits per heavy atom. The maximum Gasteiger partial charge on any atom is 0.298 e. The maximum absolute atomic E-state index is 11.8. The fourth-order valence-corrected chi connectivity index (χ4v) is 0.628. The smallest absolute Gasteiger partial charge is 0.298 e. The predicted octanol–water partition coefficient (Wildman–Crippen LogP) is 1.88. The molecule has 1 aliphatic rings. The molecule has 0 atom stereocenters. The van der Waals surface area contributed by atoms with Crippen LogP contribution in [0.15, 0.2) is 12.0 Å². The molecular formula is C6H8F2O2. The Kier molecular flexibility index (Phi) is 1.54. The van der Waals surface area contributed by atoms with Crippen LogP contribution in [0.2, 0.25) is 0 Å². The van der Waals surface area contributed by atoms with Gasteiger partial charge in [-0.05, 0) is 0 Å². The molecule has 0 saturated heterocycles. The first kappa shape index (κ1) is 7.31. The molecule has 0 fully saturated rings. The molecule has 1 aliphatic heterocycles. The Morgan fingerprint density at radius 1 is 1.50 bits per heavy atom. The van der Waals surface area contributed by atoms with Crippen LogP contribution in [0.1, 0.15) is 13.8 Å². The molecule has 4 heteroatoms. The van der Waals surface area contributed by atoms with Crippen LogP contribution in [0.5, 0.6) is 0 Å². The lowest BCUT2D eigenvalue weighted by Crippen LogP contribution is -2.21. The summed E-state index contributed by atoms with van der Waals surface area (Å²) in [5, 5.41) is 0. The zero-order valence-corrected chi connectivity index (χ0v) is 5.73. The van der Waals surface area contributed by atoms with Gasteiger partial charge in [0.1, 0.15) is 6.26 Å². The van der Waals surface area contributed by atoms with Crippen LogP contribution in [-0.2, 0) is 9.47 Å². The molecule has 0 aliphatic carbocycles. The van der Waals surface area contributed by atoms with Crippen molar-refractivity contribution in [2.24, 2.45) is 0 Å². The highest BCUT2D eigenvalue weighted by molar-refractivity contribution is 4.97. The highest BCUT2D eigenvalue weighted by Gasteiger charge is 2.31. The van der Waals surface area contributed by atoms with Crippen LogP contribution in [-0.4, -0.2) is 12.2 Å². The minimum absolute atomic E-state index is 0.398. The van der Waals surface area contributed by atoms with Gasteiger partial charge in [0.25, 0.3) is 6.43 Å². The van der Waals surface area contributed by atoms with E-state index in [4.69, 9.17) is 9.47 Å². The Balaban J connectivity index is 2.55. The summed E-state index contributed by atoms with van der Waals surface area (Å²) in [4.78, 5) is 0. The molecule has 58 valence electrons. The van der Waals surface area contributed by atoms with Crippen molar-refractivity contribution in [2.75, 3.05) is 0 Å². The van der Waals surface area contributed by atoms with E-state index in [0.717, 1.165) is 6.26 Å². The Bertz CT molecular complexity index is 163. The van der Waals surface area contributed by atoms with Gasteiger partial charge < -0.3 is 9.47 Å². The van der Waals surface area contributed by atoms with E-state index in [0.29, 0.717) is 0 Å². The first-order chi connectivity index (χ1) is 4.51. The minimum atomic E-state index is -2.58. The first-order valence-corrected chi connectivity index (χ1v) is 2.86. The Labute approximate surface area is 57.4 Å². The van der Waals surface area contributed by atoms with Crippen LogP contribution in [0.3, 0.4) is 0 Å². The SMILES string of the molecule is CC1(C)OC=C(C(F)F)O1. The van der Waals surface area contributed by atoms with Crippen molar-refractivity contribution >= 4 is 0 Å². The van der Waals surface area contributed by atoms with Crippen molar-refractivity contribution in [3.8, 4) is 0 Å². The van der Waals surface area contributed by atoms with Crippen molar-refractivity contribution in [3.63, 3.8) is 0 Å². The minimum Gasteiger partial charge on any atom is -0.457 e. The molecule has 0 aromatic rings. The zero-order chi connectivity index (χ0) is 7.78. The number of halogens is 2. The Hall–Kier alpha value is -0.800. The van der Waals surface area contributed by atoms with Gasteiger partial charge in [0.15, 0.2) is 0 Å². The van der Waals surface area contributed by atoms with Gasteiger partial charge >= 0.3 is 0 Å². The number of ether oxygens (including phenoxy) is 2. The molecule has 0 radical (unpaired) electrons. The number of hydrogen-bond acceptors (Lipinski definition) is 2. The van der Waals surface area contributed by atoms with Crippen LogP contribution in [0, 0.1) is 0 Å². The molecule has 0 N–H and O–H groups in total. The average molecular weight is 150 g/mol. The quantitative estimate of drug-likeness (QED) is 0.568. The van der Waals surface area contributed by atoms with Crippen LogP contribution in [0.25, 0.3) is 0 Å². The Morgan fingerprint density at radius 2 is 2.10 bits per heavy atom. The lowest BCUT2D eigenvalue weighted by Gasteiger charge is -2.17. The summed E-state index contributed by atoms with van der Waals surface area (Å²) in [6, 6.07) is 0. The number of hydrogen-bond donors (Lipinski definition) is 0. The molecular weight excluding hydrogens is 142 g/mol. The standard InChI is InChI=1S/C6H8F2O2/c1-6(2)9-3-4(10-6)5(7)8/h3,5H,1-2H3. The second kappa shape index (κ2) is 2.11. The van der Waals surface area contributed by atoms with E-state index in [1.54, 1.807) is 13.8 Å². The maximum atomic E-state index is 11.8. The lowest BCUT2D eigenvalue weighted by molar-refractivity contribution is -0.127. The molecule has 0 aromatic carbocycles. The van der Waals surface area contributed by atoms with Crippen molar-refractivity contribution in [3.05, 3.63) is 12.0 Å². The summed E-state index contributed by atoms with van der Waals surface area (Å²) in [6.07, 6.45) is -1.63. The van der Waals surface area contributed by atoms with Crippen molar-refractivity contribution in [1.29, 1.82) is 0 Å². The predicted molar refractivity (Wildman–Crippen MR) is 30.3 cm³/mol. The van der Waals surface area contributed by atoms with Gasteiger partial charge in [-0.3, -0.25) is 0 Å². The van der Waals surface area contributed by atoms with E-state index < -0.39 is 18.0 Å². The molecule has 2 nitrogen and oxygen atoms in total. The number of alkyl halides is 2.